The third-order valence-electron chi connectivity index (χ3n) is 1.46. The van der Waals surface area contributed by atoms with Gasteiger partial charge in [-0.1, -0.05) is 0 Å². The number of nitriles is 1. The quantitative estimate of drug-likeness (QED) is 0.627. The molecule has 0 aliphatic carbocycles. The molecule has 1 heterocycles. The third-order valence-corrected chi connectivity index (χ3v) is 2.20. The van der Waals surface area contributed by atoms with E-state index in [1.165, 1.54) is 16.1 Å². The van der Waals surface area contributed by atoms with Crippen LogP contribution in [0.25, 0.3) is 0 Å². The molecule has 5 nitrogen and oxygen atoms in total. The number of nitrogens with zero attached hydrogens (tertiary/aromatic N) is 4. The van der Waals surface area contributed by atoms with E-state index in [4.69, 9.17) is 11.0 Å². The van der Waals surface area contributed by atoms with Gasteiger partial charge in [-0.25, -0.2) is 5.01 Å². The zero-order valence-electron chi connectivity index (χ0n) is 6.98. The van der Waals surface area contributed by atoms with Gasteiger partial charge in [-0.3, -0.25) is 5.73 Å². The van der Waals surface area contributed by atoms with Crippen LogP contribution in [0.2, 0.25) is 0 Å². The zero-order valence-corrected chi connectivity index (χ0v) is 7.80. The summed E-state index contributed by atoms with van der Waals surface area (Å²) in [5.41, 5.74) is 5.62. The maximum absolute atomic E-state index is 8.54. The van der Waals surface area contributed by atoms with Crippen LogP contribution >= 0.6 is 11.3 Å². The van der Waals surface area contributed by atoms with E-state index in [1.54, 1.807) is 0 Å². The Morgan fingerprint density at radius 2 is 2.50 bits per heavy atom. The lowest BCUT2D eigenvalue weighted by Crippen LogP contribution is -2.57. The van der Waals surface area contributed by atoms with E-state index in [0.717, 1.165) is 6.54 Å². The summed E-state index contributed by atoms with van der Waals surface area (Å²) in [5, 5.41) is 15.2. The molecule has 0 radical (unpaired) electrons. The fourth-order valence-corrected chi connectivity index (χ4v) is 1.34. The predicted molar refractivity (Wildman–Crippen MR) is 46.1 cm³/mol. The molecular weight excluding hydrogens is 174 g/mol. The van der Waals surface area contributed by atoms with Gasteiger partial charge in [0.25, 0.3) is 0 Å². The Balaban J connectivity index is 3.01. The highest BCUT2D eigenvalue weighted by Crippen LogP contribution is 2.07. The van der Waals surface area contributed by atoms with Crippen molar-refractivity contribution in [2.75, 3.05) is 24.3 Å². The molecule has 0 bridgehead atoms. The van der Waals surface area contributed by atoms with E-state index in [9.17, 15) is 0 Å². The van der Waals surface area contributed by atoms with Crippen LogP contribution in [0.3, 0.4) is 0 Å². The molecule has 0 spiro atoms. The maximum atomic E-state index is 8.54. The average Bonchev–Trinajstić information content (AvgIpc) is 2.45. The number of rotatable bonds is 2. The van der Waals surface area contributed by atoms with Crippen molar-refractivity contribution in [3.8, 4) is 6.07 Å². The van der Waals surface area contributed by atoms with Crippen molar-refractivity contribution in [3.63, 3.8) is 0 Å². The summed E-state index contributed by atoms with van der Waals surface area (Å²) in [6, 6.07) is 1.95. The van der Waals surface area contributed by atoms with Gasteiger partial charge in [0.2, 0.25) is 5.01 Å². The van der Waals surface area contributed by atoms with Crippen LogP contribution in [0.5, 0.6) is 0 Å². The van der Waals surface area contributed by atoms with Gasteiger partial charge in [0.1, 0.15) is 6.07 Å². The lowest BCUT2D eigenvalue weighted by Gasteiger charge is -2.08. The number of hydrogen-bond donors (Lipinski definition) is 1. The molecule has 0 saturated carbocycles. The second kappa shape index (κ2) is 3.36. The second-order valence-corrected chi connectivity index (χ2v) is 3.23. The van der Waals surface area contributed by atoms with Crippen LogP contribution < -0.4 is 15.5 Å². The van der Waals surface area contributed by atoms with Crippen molar-refractivity contribution in [1.82, 2.24) is 5.10 Å². The minimum Gasteiger partial charge on any atom is -0.274 e. The first-order valence-corrected chi connectivity index (χ1v) is 4.30. The zero-order chi connectivity index (χ0) is 9.14. The highest BCUT2D eigenvalue weighted by molar-refractivity contribution is 7.15. The van der Waals surface area contributed by atoms with Crippen LogP contribution in [-0.4, -0.2) is 18.7 Å². The van der Waals surface area contributed by atoms with Crippen molar-refractivity contribution in [2.45, 2.75) is 6.92 Å². The molecule has 0 atom stereocenters. The Bertz CT molecular complexity index is 312. The molecule has 0 fully saturated rings. The van der Waals surface area contributed by atoms with Crippen molar-refractivity contribution < 1.29 is 4.79 Å². The van der Waals surface area contributed by atoms with Gasteiger partial charge in [0.05, 0.1) is 6.54 Å². The summed E-state index contributed by atoms with van der Waals surface area (Å²) in [6.07, 6.45) is 0. The Kier molecular flexibility index (Phi) is 2.45. The molecule has 0 aromatic carbocycles. The van der Waals surface area contributed by atoms with Gasteiger partial charge in [0.15, 0.2) is 0 Å². The molecule has 0 aliphatic heterocycles. The first kappa shape index (κ1) is 8.74. The van der Waals surface area contributed by atoms with Crippen molar-refractivity contribution >= 4 is 16.5 Å². The van der Waals surface area contributed by atoms with E-state index in [-0.39, 0.29) is 0 Å². The monoisotopic (exact) mass is 184 g/mol. The minimum atomic E-state index is 0.382. The number of nitrogens with two attached hydrogens (primary N) is 1. The van der Waals surface area contributed by atoms with E-state index in [0.29, 0.717) is 10.1 Å². The second-order valence-electron chi connectivity index (χ2n) is 2.22. The van der Waals surface area contributed by atoms with Gasteiger partial charge in [0, 0.05) is 7.05 Å². The van der Waals surface area contributed by atoms with E-state index in [2.05, 4.69) is 5.10 Å². The number of anilines is 1. The average molecular weight is 184 g/mol. The highest BCUT2D eigenvalue weighted by atomic mass is 32.1. The number of hydrogen-bond acceptors (Lipinski definition) is 5. The van der Waals surface area contributed by atoms with Crippen molar-refractivity contribution in [2.24, 2.45) is 0 Å². The van der Waals surface area contributed by atoms with Gasteiger partial charge in [-0.2, -0.15) is 5.26 Å². The molecule has 1 rings (SSSR count). The van der Waals surface area contributed by atoms with Gasteiger partial charge >= 0.3 is 5.13 Å². The summed E-state index contributed by atoms with van der Waals surface area (Å²) in [7, 11) is 1.86. The van der Waals surface area contributed by atoms with E-state index in [1.807, 2.05) is 25.0 Å². The Morgan fingerprint density at radius 3 is 2.92 bits per heavy atom. The lowest BCUT2D eigenvalue weighted by molar-refractivity contribution is -0.729. The first-order valence-electron chi connectivity index (χ1n) is 3.49. The summed E-state index contributed by atoms with van der Waals surface area (Å²) >= 11 is 1.18. The normalized spacial score (nSPS) is 9.42. The fourth-order valence-electron chi connectivity index (χ4n) is 0.719. The van der Waals surface area contributed by atoms with Gasteiger partial charge in [-0.15, -0.1) is 0 Å². The Hall–Kier alpha value is -1.35. The van der Waals surface area contributed by atoms with Gasteiger partial charge in [-0.05, 0) is 28.2 Å². The molecule has 2 N–H and O–H groups in total. The number of nitrogen functional groups attached to an aromatic ring is 1. The molecule has 12 heavy (non-hydrogen) atoms. The molecule has 0 amide bonds. The summed E-state index contributed by atoms with van der Waals surface area (Å²) < 4.78 is 0. The largest absolute Gasteiger partial charge is 0.379 e. The van der Waals surface area contributed by atoms with Crippen LogP contribution in [0.15, 0.2) is 0 Å². The van der Waals surface area contributed by atoms with Crippen LogP contribution in [0.1, 0.15) is 11.9 Å². The maximum Gasteiger partial charge on any atom is 0.379 e. The fraction of sp³-hybridized carbons (Fsp3) is 0.500. The number of aromatic nitrogens is 2. The van der Waals surface area contributed by atoms with Crippen molar-refractivity contribution in [3.05, 3.63) is 5.01 Å². The Labute approximate surface area is 74.6 Å². The van der Waals surface area contributed by atoms with Gasteiger partial charge < -0.3 is 0 Å². The van der Waals surface area contributed by atoms with E-state index < -0.39 is 0 Å². The summed E-state index contributed by atoms with van der Waals surface area (Å²) in [6.45, 7) is 2.78. The first-order chi connectivity index (χ1) is 5.69. The standard InChI is InChI=1S/C6H9N5S/c1-3-10(2)11-6(8)12-5(4-7)9-11/h8H,3H2,1-2H3/p+1. The minimum absolute atomic E-state index is 0.382. The Morgan fingerprint density at radius 1 is 1.83 bits per heavy atom. The van der Waals surface area contributed by atoms with E-state index >= 15 is 0 Å². The molecule has 0 saturated heterocycles. The smallest absolute Gasteiger partial charge is 0.274 e. The van der Waals surface area contributed by atoms with Crippen LogP contribution in [0.4, 0.5) is 5.13 Å². The molecule has 6 heteroatoms. The molecule has 0 unspecified atom stereocenters. The van der Waals surface area contributed by atoms with Crippen LogP contribution in [0, 0.1) is 11.3 Å². The molecule has 0 aliphatic rings. The molecular formula is C6H10N5S+. The third kappa shape index (κ3) is 1.46. The SMILES string of the molecule is CCN(C)[n+]1nc(C#N)sc1N. The van der Waals surface area contributed by atoms with Crippen molar-refractivity contribution in [1.29, 1.82) is 5.26 Å². The molecule has 64 valence electrons. The predicted octanol–water partition coefficient (Wildman–Crippen LogP) is -0.528. The lowest BCUT2D eigenvalue weighted by atomic mass is 10.7. The summed E-state index contributed by atoms with van der Waals surface area (Å²) in [4.78, 5) is 1.53. The highest BCUT2D eigenvalue weighted by Gasteiger charge is 2.16. The topological polar surface area (TPSA) is 69.8 Å². The molecule has 1 aromatic heterocycles. The summed E-state index contributed by atoms with van der Waals surface area (Å²) in [5.74, 6) is 0. The van der Waals surface area contributed by atoms with Crippen LogP contribution in [-0.2, 0) is 0 Å². The molecule has 1 aromatic rings.